The highest BCUT2D eigenvalue weighted by atomic mass is 35.5. The number of phenols is 1. The van der Waals surface area contributed by atoms with Crippen LogP contribution >= 0.6 is 24.8 Å². The van der Waals surface area contributed by atoms with Crippen molar-refractivity contribution in [2.24, 2.45) is 0 Å². The number of nitrogens with zero attached hydrogens (tertiary/aromatic N) is 4. The van der Waals surface area contributed by atoms with Crippen LogP contribution in [0, 0.1) is 6.92 Å². The van der Waals surface area contributed by atoms with Gasteiger partial charge in [-0.1, -0.05) is 0 Å². The number of alkyl halides is 3. The van der Waals surface area contributed by atoms with Crippen LogP contribution in [0.25, 0.3) is 11.3 Å². The third-order valence-electron chi connectivity index (χ3n) is 4.40. The molecule has 156 valence electrons. The summed E-state index contributed by atoms with van der Waals surface area (Å²) in [4.78, 5) is 6.56. The van der Waals surface area contributed by atoms with E-state index in [4.69, 9.17) is 0 Å². The maximum absolute atomic E-state index is 12.7. The summed E-state index contributed by atoms with van der Waals surface area (Å²) in [7, 11) is 2.05. The van der Waals surface area contributed by atoms with Gasteiger partial charge >= 0.3 is 6.18 Å². The molecule has 2 aromatic rings. The van der Waals surface area contributed by atoms with E-state index in [1.54, 1.807) is 6.92 Å². The molecule has 0 radical (unpaired) electrons. The van der Waals surface area contributed by atoms with E-state index in [-0.39, 0.29) is 42.1 Å². The van der Waals surface area contributed by atoms with Crippen molar-refractivity contribution in [3.8, 4) is 17.0 Å². The monoisotopic (exact) mass is 439 g/mol. The molecule has 2 heterocycles. The maximum atomic E-state index is 12.7. The molecule has 0 amide bonds. The second-order valence-electron chi connectivity index (χ2n) is 6.54. The molecule has 11 heteroatoms. The van der Waals surface area contributed by atoms with Gasteiger partial charge in [-0.05, 0) is 51.6 Å². The van der Waals surface area contributed by atoms with Crippen LogP contribution in [0.2, 0.25) is 0 Å². The Kier molecular flexibility index (Phi) is 8.28. The van der Waals surface area contributed by atoms with E-state index in [1.165, 1.54) is 6.07 Å². The molecule has 0 bridgehead atoms. The number of aromatic hydroxyl groups is 1. The Morgan fingerprint density at radius 2 is 1.93 bits per heavy atom. The minimum atomic E-state index is -4.52. The normalized spacial score (nSPS) is 17.4. The van der Waals surface area contributed by atoms with Gasteiger partial charge in [-0.15, -0.1) is 35.0 Å². The van der Waals surface area contributed by atoms with E-state index in [0.717, 1.165) is 32.0 Å². The zero-order valence-electron chi connectivity index (χ0n) is 15.3. The summed E-state index contributed by atoms with van der Waals surface area (Å²) < 4.78 is 38.2. The van der Waals surface area contributed by atoms with E-state index < -0.39 is 17.5 Å². The fourth-order valence-corrected chi connectivity index (χ4v) is 3.09. The minimum absolute atomic E-state index is 0. The second kappa shape index (κ2) is 9.58. The maximum Gasteiger partial charge on any atom is 0.416 e. The molecule has 1 saturated heterocycles. The van der Waals surface area contributed by atoms with Crippen molar-refractivity contribution in [3.63, 3.8) is 0 Å². The highest BCUT2D eigenvalue weighted by Crippen LogP contribution is 2.36. The van der Waals surface area contributed by atoms with Gasteiger partial charge < -0.3 is 15.3 Å². The van der Waals surface area contributed by atoms with Gasteiger partial charge in [-0.2, -0.15) is 13.2 Å². The van der Waals surface area contributed by atoms with Gasteiger partial charge in [0.05, 0.1) is 11.3 Å². The summed E-state index contributed by atoms with van der Waals surface area (Å²) in [6.45, 7) is 3.62. The van der Waals surface area contributed by atoms with Crippen molar-refractivity contribution in [2.75, 3.05) is 25.5 Å². The Labute approximate surface area is 173 Å². The summed E-state index contributed by atoms with van der Waals surface area (Å²) >= 11 is 0. The lowest BCUT2D eigenvalue weighted by atomic mass is 10.1. The SMILES string of the molecule is Cc1nc(N[C@@H]2CCCN(C)C2)nnc1-c1ccc(C(F)(F)F)cc1O.Cl.Cl. The fraction of sp³-hybridized carbons (Fsp3) is 0.471. The number of benzene rings is 1. The average molecular weight is 440 g/mol. The lowest BCUT2D eigenvalue weighted by Crippen LogP contribution is -2.40. The molecular weight excluding hydrogens is 418 g/mol. The van der Waals surface area contributed by atoms with Gasteiger partial charge in [-0.25, -0.2) is 4.98 Å². The van der Waals surface area contributed by atoms with Crippen molar-refractivity contribution < 1.29 is 18.3 Å². The topological polar surface area (TPSA) is 74.2 Å². The molecule has 0 spiro atoms. The number of aryl methyl sites for hydroxylation is 1. The van der Waals surface area contributed by atoms with Crippen LogP contribution in [0.15, 0.2) is 18.2 Å². The zero-order chi connectivity index (χ0) is 18.9. The summed E-state index contributed by atoms with van der Waals surface area (Å²) in [6, 6.07) is 2.99. The van der Waals surface area contributed by atoms with Crippen molar-refractivity contribution in [1.29, 1.82) is 0 Å². The van der Waals surface area contributed by atoms with Gasteiger partial charge in [0.25, 0.3) is 0 Å². The van der Waals surface area contributed by atoms with E-state index in [2.05, 4.69) is 32.4 Å². The van der Waals surface area contributed by atoms with Crippen molar-refractivity contribution in [3.05, 3.63) is 29.5 Å². The number of rotatable bonds is 3. The molecule has 3 rings (SSSR count). The molecule has 1 atom stereocenters. The molecule has 1 aromatic heterocycles. The minimum Gasteiger partial charge on any atom is -0.507 e. The van der Waals surface area contributed by atoms with Crippen LogP contribution in [0.5, 0.6) is 5.75 Å². The van der Waals surface area contributed by atoms with E-state index in [1.807, 2.05) is 0 Å². The lowest BCUT2D eigenvalue weighted by molar-refractivity contribution is -0.137. The Morgan fingerprint density at radius 3 is 2.50 bits per heavy atom. The number of phenolic OH excluding ortho intramolecular Hbond substituents is 1. The molecule has 28 heavy (non-hydrogen) atoms. The first-order valence-electron chi connectivity index (χ1n) is 8.31. The first-order valence-corrected chi connectivity index (χ1v) is 8.31. The Hall–Kier alpha value is -1.84. The fourth-order valence-electron chi connectivity index (χ4n) is 3.09. The molecule has 6 nitrogen and oxygen atoms in total. The molecule has 0 aliphatic carbocycles. The quantitative estimate of drug-likeness (QED) is 0.754. The predicted molar refractivity (Wildman–Crippen MR) is 105 cm³/mol. The number of nitrogens with one attached hydrogen (secondary N) is 1. The molecule has 1 aromatic carbocycles. The van der Waals surface area contributed by atoms with Crippen molar-refractivity contribution >= 4 is 30.8 Å². The number of piperidine rings is 1. The number of hydrogen-bond donors (Lipinski definition) is 2. The summed E-state index contributed by atoms with van der Waals surface area (Å²) in [6.07, 6.45) is -2.43. The Morgan fingerprint density at radius 1 is 1.21 bits per heavy atom. The van der Waals surface area contributed by atoms with Crippen LogP contribution < -0.4 is 5.32 Å². The molecule has 2 N–H and O–H groups in total. The van der Waals surface area contributed by atoms with Crippen molar-refractivity contribution in [2.45, 2.75) is 32.0 Å². The number of halogens is 5. The number of likely N-dealkylation sites (tertiary alicyclic amines) is 1. The first kappa shape index (κ1) is 24.2. The van der Waals surface area contributed by atoms with Gasteiger partial charge in [0.15, 0.2) is 0 Å². The van der Waals surface area contributed by atoms with Crippen LogP contribution in [0.4, 0.5) is 19.1 Å². The highest BCUT2D eigenvalue weighted by Gasteiger charge is 2.31. The van der Waals surface area contributed by atoms with Gasteiger partial charge in [0, 0.05) is 18.2 Å². The van der Waals surface area contributed by atoms with Gasteiger partial charge in [0.2, 0.25) is 5.95 Å². The predicted octanol–water partition coefficient (Wildman–Crippen LogP) is 3.92. The second-order valence-corrected chi connectivity index (χ2v) is 6.54. The van der Waals surface area contributed by atoms with Crippen LogP contribution in [-0.4, -0.2) is 51.4 Å². The molecule has 1 aliphatic heterocycles. The average Bonchev–Trinajstić information content (AvgIpc) is 2.55. The van der Waals surface area contributed by atoms with Crippen molar-refractivity contribution in [1.82, 2.24) is 20.1 Å². The third-order valence-corrected chi connectivity index (χ3v) is 4.40. The number of anilines is 1. The smallest absolute Gasteiger partial charge is 0.416 e. The standard InChI is InChI=1S/C17H20F3N5O.2ClH/c1-10-15(13-6-5-11(8-14(13)26)17(18,19)20)23-24-16(21-10)22-12-4-3-7-25(2)9-12;;/h5-6,8,12,26H,3-4,7,9H2,1-2H3,(H,21,22,24);2*1H/t12-;;/m1../s1. The third kappa shape index (κ3) is 5.59. The molecule has 0 saturated carbocycles. The number of likely N-dealkylation sites (N-methyl/N-ethyl adjacent to an activating group) is 1. The summed E-state index contributed by atoms with van der Waals surface area (Å²) in [5, 5.41) is 21.3. The molecule has 0 unspecified atom stereocenters. The van der Waals surface area contributed by atoms with Crippen LogP contribution in [0.3, 0.4) is 0 Å². The van der Waals surface area contributed by atoms with E-state index in [9.17, 15) is 18.3 Å². The lowest BCUT2D eigenvalue weighted by Gasteiger charge is -2.30. The van der Waals surface area contributed by atoms with Gasteiger partial charge in [-0.3, -0.25) is 0 Å². The summed E-state index contributed by atoms with van der Waals surface area (Å²) in [5.74, 6) is -0.133. The summed E-state index contributed by atoms with van der Waals surface area (Å²) in [5.41, 5.74) is -0.0271. The van der Waals surface area contributed by atoms with E-state index >= 15 is 0 Å². The Bertz CT molecular complexity index is 807. The molecule has 1 fully saturated rings. The number of hydrogen-bond acceptors (Lipinski definition) is 6. The van der Waals surface area contributed by atoms with Crippen LogP contribution in [-0.2, 0) is 6.18 Å². The van der Waals surface area contributed by atoms with E-state index in [0.29, 0.717) is 17.7 Å². The highest BCUT2D eigenvalue weighted by molar-refractivity contribution is 5.85. The zero-order valence-corrected chi connectivity index (χ0v) is 17.0. The molecular formula is C17H22Cl2F3N5O. The molecule has 1 aliphatic rings. The first-order chi connectivity index (χ1) is 12.2. The van der Waals surface area contributed by atoms with Gasteiger partial charge in [0.1, 0.15) is 11.4 Å². The van der Waals surface area contributed by atoms with Crippen LogP contribution in [0.1, 0.15) is 24.1 Å². The largest absolute Gasteiger partial charge is 0.507 e. The Balaban J connectivity index is 0.00000196. The number of aromatic nitrogens is 3.